The number of para-hydroxylation sites is 4. The first-order valence-corrected chi connectivity index (χ1v) is 15.4. The van der Waals surface area contributed by atoms with Crippen molar-refractivity contribution in [2.45, 2.75) is 23.7 Å². The summed E-state index contributed by atoms with van der Waals surface area (Å²) in [5.74, 6) is -1.37. The quantitative estimate of drug-likeness (QED) is 0.188. The van der Waals surface area contributed by atoms with Crippen molar-refractivity contribution in [1.29, 1.82) is 0 Å². The highest BCUT2D eigenvalue weighted by molar-refractivity contribution is 6.16. The molecule has 8 rings (SSSR count). The average molecular weight is 599 g/mol. The lowest BCUT2D eigenvalue weighted by molar-refractivity contribution is -0.125. The molecular weight excluding hydrogens is 568 g/mol. The molecule has 0 radical (unpaired) electrons. The molecule has 2 aliphatic heterocycles. The van der Waals surface area contributed by atoms with Gasteiger partial charge in [-0.2, -0.15) is 0 Å². The number of rotatable bonds is 7. The molecule has 6 heteroatoms. The molecule has 46 heavy (non-hydrogen) atoms. The smallest absolute Gasteiger partial charge is 0.243 e. The average Bonchev–Trinajstić information content (AvgIpc) is 3.54. The Kier molecular flexibility index (Phi) is 6.76. The van der Waals surface area contributed by atoms with Crippen molar-refractivity contribution < 1.29 is 9.59 Å². The Bertz CT molecular complexity index is 2040. The highest BCUT2D eigenvalue weighted by Gasteiger charge is 2.61. The van der Waals surface area contributed by atoms with Crippen LogP contribution < -0.4 is 9.80 Å². The Morgan fingerprint density at radius 3 is 1.80 bits per heavy atom. The van der Waals surface area contributed by atoms with Crippen molar-refractivity contribution in [3.63, 3.8) is 0 Å². The molecule has 0 saturated heterocycles. The Labute approximate surface area is 267 Å². The zero-order valence-corrected chi connectivity index (χ0v) is 25.0. The molecule has 2 aromatic heterocycles. The van der Waals surface area contributed by atoms with Crippen LogP contribution in [0.1, 0.15) is 34.1 Å². The second-order valence-corrected chi connectivity index (χ2v) is 11.8. The standard InChI is InChI=1S/C40H30N4O2/c45-38-36(32-15-7-9-17-34(32)43(38)30-11-3-1-4-12-30)37(29-21-25-42-26-22-29)40(27-28-19-23-41-24-20-28)33-16-8-10-18-35(33)44(39(40)46)31-13-5-2-6-14-31/h1-26,36-37H,27H2. The number of hydrogen-bond acceptors (Lipinski definition) is 4. The van der Waals surface area contributed by atoms with Gasteiger partial charge in [-0.3, -0.25) is 29.4 Å². The van der Waals surface area contributed by atoms with E-state index < -0.39 is 17.3 Å². The Morgan fingerprint density at radius 2 is 1.13 bits per heavy atom. The highest BCUT2D eigenvalue weighted by Crippen LogP contribution is 2.60. The van der Waals surface area contributed by atoms with Gasteiger partial charge in [0.1, 0.15) is 0 Å². The first-order valence-electron chi connectivity index (χ1n) is 15.4. The summed E-state index contributed by atoms with van der Waals surface area (Å²) in [4.78, 5) is 42.9. The van der Waals surface area contributed by atoms with Crippen LogP contribution in [0.4, 0.5) is 22.7 Å². The van der Waals surface area contributed by atoms with Crippen molar-refractivity contribution in [1.82, 2.24) is 9.97 Å². The second kappa shape index (κ2) is 11.2. The third-order valence-corrected chi connectivity index (χ3v) is 9.40. The number of amides is 2. The van der Waals surface area contributed by atoms with Crippen molar-refractivity contribution >= 4 is 34.6 Å². The van der Waals surface area contributed by atoms with E-state index in [1.165, 1.54) is 0 Å². The predicted octanol–water partition coefficient (Wildman–Crippen LogP) is 7.88. The summed E-state index contributed by atoms with van der Waals surface area (Å²) >= 11 is 0. The maximum atomic E-state index is 15.6. The fourth-order valence-corrected chi connectivity index (χ4v) is 7.55. The predicted molar refractivity (Wildman–Crippen MR) is 179 cm³/mol. The summed E-state index contributed by atoms with van der Waals surface area (Å²) in [7, 11) is 0. The Hall–Kier alpha value is -5.88. The van der Waals surface area contributed by atoms with Gasteiger partial charge in [0.05, 0.1) is 22.7 Å². The van der Waals surface area contributed by atoms with Crippen molar-refractivity contribution in [3.05, 3.63) is 181 Å². The third-order valence-electron chi connectivity index (χ3n) is 9.40. The number of nitrogens with zero attached hydrogens (tertiary/aromatic N) is 4. The molecule has 0 bridgehead atoms. The minimum atomic E-state index is -1.16. The van der Waals surface area contributed by atoms with E-state index >= 15 is 9.59 Å². The van der Waals surface area contributed by atoms with Crippen LogP contribution in [0.15, 0.2) is 158 Å². The van der Waals surface area contributed by atoms with Gasteiger partial charge in [0.15, 0.2) is 0 Å². The maximum Gasteiger partial charge on any atom is 0.243 e. The van der Waals surface area contributed by atoms with Gasteiger partial charge in [-0.05, 0) is 89.3 Å². The van der Waals surface area contributed by atoms with E-state index in [0.717, 1.165) is 45.0 Å². The van der Waals surface area contributed by atoms with Crippen LogP contribution >= 0.6 is 0 Å². The molecule has 2 amide bonds. The second-order valence-electron chi connectivity index (χ2n) is 11.8. The zero-order chi connectivity index (χ0) is 31.1. The van der Waals surface area contributed by atoms with Crippen LogP contribution in [0, 0.1) is 0 Å². The van der Waals surface area contributed by atoms with E-state index in [1.807, 2.05) is 137 Å². The molecule has 4 aromatic carbocycles. The molecular formula is C40H30N4O2. The van der Waals surface area contributed by atoms with E-state index in [4.69, 9.17) is 0 Å². The van der Waals surface area contributed by atoms with Gasteiger partial charge in [-0.1, -0.05) is 72.8 Å². The molecule has 0 aliphatic carbocycles. The van der Waals surface area contributed by atoms with Crippen LogP contribution in [-0.4, -0.2) is 21.8 Å². The van der Waals surface area contributed by atoms with Crippen LogP contribution in [0.2, 0.25) is 0 Å². The Balaban J connectivity index is 1.43. The van der Waals surface area contributed by atoms with Crippen LogP contribution in [0.25, 0.3) is 0 Å². The summed E-state index contributed by atoms with van der Waals surface area (Å²) in [5.41, 5.74) is 5.72. The Morgan fingerprint density at radius 1 is 0.587 bits per heavy atom. The first kappa shape index (κ1) is 27.7. The number of fused-ring (bicyclic) bond motifs is 2. The SMILES string of the molecule is O=C1C(C(c2ccncc2)C2(Cc3ccncc3)C(=O)N(c3ccccc3)c3ccccc32)c2ccccc2N1c1ccccc1. The molecule has 6 aromatic rings. The van der Waals surface area contributed by atoms with Gasteiger partial charge in [-0.15, -0.1) is 0 Å². The van der Waals surface area contributed by atoms with Gasteiger partial charge in [0, 0.05) is 42.1 Å². The minimum absolute atomic E-state index is 0.0632. The fourth-order valence-electron chi connectivity index (χ4n) is 7.55. The molecule has 6 nitrogen and oxygen atoms in total. The number of anilines is 4. The molecule has 3 atom stereocenters. The van der Waals surface area contributed by atoms with Gasteiger partial charge in [0.2, 0.25) is 11.8 Å². The number of carbonyl (C=O) groups is 2. The van der Waals surface area contributed by atoms with Crippen LogP contribution in [0.3, 0.4) is 0 Å². The normalized spacial score (nSPS) is 19.2. The lowest BCUT2D eigenvalue weighted by atomic mass is 9.60. The summed E-state index contributed by atoms with van der Waals surface area (Å²) in [6.45, 7) is 0. The number of aromatic nitrogens is 2. The lowest BCUT2D eigenvalue weighted by Gasteiger charge is -2.40. The zero-order valence-electron chi connectivity index (χ0n) is 25.0. The molecule has 222 valence electrons. The summed E-state index contributed by atoms with van der Waals surface area (Å²) < 4.78 is 0. The van der Waals surface area contributed by atoms with Crippen LogP contribution in [0.5, 0.6) is 0 Å². The molecule has 4 heterocycles. The van der Waals surface area contributed by atoms with E-state index in [0.29, 0.717) is 6.42 Å². The monoisotopic (exact) mass is 598 g/mol. The lowest BCUT2D eigenvalue weighted by Crippen LogP contribution is -2.48. The maximum absolute atomic E-state index is 15.6. The van der Waals surface area contributed by atoms with E-state index in [1.54, 1.807) is 24.8 Å². The van der Waals surface area contributed by atoms with Gasteiger partial charge in [-0.25, -0.2) is 0 Å². The topological polar surface area (TPSA) is 66.4 Å². The van der Waals surface area contributed by atoms with Gasteiger partial charge >= 0.3 is 0 Å². The fraction of sp³-hybridized carbons (Fsp3) is 0.100. The molecule has 0 saturated carbocycles. The van der Waals surface area contributed by atoms with Crippen LogP contribution in [-0.2, 0) is 21.4 Å². The number of hydrogen-bond donors (Lipinski definition) is 0. The minimum Gasteiger partial charge on any atom is -0.280 e. The third kappa shape index (κ3) is 4.25. The molecule has 3 unspecified atom stereocenters. The largest absolute Gasteiger partial charge is 0.280 e. The van der Waals surface area contributed by atoms with Gasteiger partial charge in [0.25, 0.3) is 0 Å². The summed E-state index contributed by atoms with van der Waals surface area (Å²) in [6, 6.07) is 43.4. The van der Waals surface area contributed by atoms with Crippen molar-refractivity contribution in [2.24, 2.45) is 0 Å². The number of carbonyl (C=O) groups excluding carboxylic acids is 2. The molecule has 0 fully saturated rings. The highest BCUT2D eigenvalue weighted by atomic mass is 16.2. The molecule has 2 aliphatic rings. The van der Waals surface area contributed by atoms with E-state index in [-0.39, 0.29) is 11.8 Å². The van der Waals surface area contributed by atoms with E-state index in [9.17, 15) is 0 Å². The first-order chi connectivity index (χ1) is 22.7. The van der Waals surface area contributed by atoms with Crippen molar-refractivity contribution in [2.75, 3.05) is 9.80 Å². The van der Waals surface area contributed by atoms with Crippen molar-refractivity contribution in [3.8, 4) is 0 Å². The molecule has 0 spiro atoms. The summed E-state index contributed by atoms with van der Waals surface area (Å²) in [6.07, 6.45) is 7.40. The van der Waals surface area contributed by atoms with Gasteiger partial charge < -0.3 is 0 Å². The molecule has 0 N–H and O–H groups in total. The number of benzene rings is 4. The van der Waals surface area contributed by atoms with E-state index in [2.05, 4.69) is 16.0 Å². The summed E-state index contributed by atoms with van der Waals surface area (Å²) in [5, 5.41) is 0. The number of pyridine rings is 2.